The maximum atomic E-state index is 4.56. The van der Waals surface area contributed by atoms with Crippen LogP contribution >= 0.6 is 11.3 Å². The normalized spacial score (nSPS) is 10.5. The second-order valence-electron chi connectivity index (χ2n) is 5.86. The SMILES string of the molecule is CCC.Cc1ccccc1-c1c[nH]c2ncc(-c3ccsc3)cc12. The van der Waals surface area contributed by atoms with E-state index in [-0.39, 0.29) is 0 Å². The molecule has 122 valence electrons. The first kappa shape index (κ1) is 16.5. The fraction of sp³-hybridized carbons (Fsp3) is 0.190. The average molecular weight is 334 g/mol. The van der Waals surface area contributed by atoms with E-state index in [1.807, 2.05) is 6.20 Å². The van der Waals surface area contributed by atoms with Crippen LogP contribution in [-0.2, 0) is 0 Å². The van der Waals surface area contributed by atoms with Crippen LogP contribution in [0.25, 0.3) is 33.3 Å². The zero-order chi connectivity index (χ0) is 16.9. The number of nitrogens with zero attached hydrogens (tertiary/aromatic N) is 1. The van der Waals surface area contributed by atoms with Gasteiger partial charge in [0, 0.05) is 28.9 Å². The van der Waals surface area contributed by atoms with Crippen LogP contribution in [0.5, 0.6) is 0 Å². The summed E-state index contributed by atoms with van der Waals surface area (Å²) in [6, 6.07) is 12.8. The lowest BCUT2D eigenvalue weighted by molar-refractivity contribution is 1.09. The Bertz CT molecular complexity index is 920. The van der Waals surface area contributed by atoms with Crippen LogP contribution in [0.3, 0.4) is 0 Å². The van der Waals surface area contributed by atoms with Crippen LogP contribution in [-0.4, -0.2) is 9.97 Å². The van der Waals surface area contributed by atoms with Gasteiger partial charge in [0.2, 0.25) is 0 Å². The van der Waals surface area contributed by atoms with Gasteiger partial charge in [0.05, 0.1) is 0 Å². The number of hydrogen-bond acceptors (Lipinski definition) is 2. The number of aryl methyl sites for hydroxylation is 1. The Hall–Kier alpha value is -2.39. The molecule has 0 atom stereocenters. The molecule has 0 radical (unpaired) electrons. The molecule has 0 aliphatic heterocycles. The number of thiophene rings is 1. The molecule has 4 aromatic rings. The quantitative estimate of drug-likeness (QED) is 0.435. The Morgan fingerprint density at radius 2 is 1.83 bits per heavy atom. The summed E-state index contributed by atoms with van der Waals surface area (Å²) in [6.45, 7) is 6.39. The summed E-state index contributed by atoms with van der Waals surface area (Å²) in [6.07, 6.45) is 5.24. The second-order valence-corrected chi connectivity index (χ2v) is 6.64. The summed E-state index contributed by atoms with van der Waals surface area (Å²) in [5.74, 6) is 0. The Labute approximate surface area is 147 Å². The summed E-state index contributed by atoms with van der Waals surface area (Å²) in [7, 11) is 0. The van der Waals surface area contributed by atoms with Crippen LogP contribution < -0.4 is 0 Å². The molecule has 0 aliphatic rings. The zero-order valence-corrected chi connectivity index (χ0v) is 15.2. The van der Waals surface area contributed by atoms with Crippen molar-refractivity contribution in [3.05, 3.63) is 65.1 Å². The van der Waals surface area contributed by atoms with E-state index in [1.165, 1.54) is 34.1 Å². The molecule has 1 N–H and O–H groups in total. The molecule has 0 saturated carbocycles. The number of aromatic nitrogens is 2. The maximum absolute atomic E-state index is 4.56. The van der Waals surface area contributed by atoms with Gasteiger partial charge in [-0.15, -0.1) is 0 Å². The molecule has 0 saturated heterocycles. The lowest BCUT2D eigenvalue weighted by Gasteiger charge is -2.04. The van der Waals surface area contributed by atoms with E-state index in [2.05, 4.69) is 84.1 Å². The summed E-state index contributed by atoms with van der Waals surface area (Å²) < 4.78 is 0. The predicted octanol–water partition coefficient (Wildman–Crippen LogP) is 6.68. The first-order chi connectivity index (χ1) is 11.7. The van der Waals surface area contributed by atoms with Gasteiger partial charge < -0.3 is 4.98 Å². The van der Waals surface area contributed by atoms with E-state index in [9.17, 15) is 0 Å². The van der Waals surface area contributed by atoms with Crippen molar-refractivity contribution >= 4 is 22.4 Å². The Morgan fingerprint density at radius 1 is 1.04 bits per heavy atom. The van der Waals surface area contributed by atoms with Crippen molar-refractivity contribution in [2.24, 2.45) is 0 Å². The molecule has 0 fully saturated rings. The highest BCUT2D eigenvalue weighted by molar-refractivity contribution is 7.08. The third-order valence-corrected chi connectivity index (χ3v) is 4.50. The molecule has 3 heterocycles. The lowest BCUT2D eigenvalue weighted by atomic mass is 10.00. The standard InChI is InChI=1S/C18H14N2S.C3H8/c1-12-4-2-3-5-15(12)17-10-20-18-16(17)8-14(9-19-18)13-6-7-21-11-13;1-3-2/h2-11H,1H3,(H,19,20);3H2,1-2H3. The maximum Gasteiger partial charge on any atom is 0.137 e. The van der Waals surface area contributed by atoms with Crippen molar-refractivity contribution in [3.8, 4) is 22.3 Å². The Balaban J connectivity index is 0.000000526. The van der Waals surface area contributed by atoms with Gasteiger partial charge in [-0.25, -0.2) is 4.98 Å². The second kappa shape index (κ2) is 7.45. The van der Waals surface area contributed by atoms with Crippen molar-refractivity contribution < 1.29 is 0 Å². The summed E-state index contributed by atoms with van der Waals surface area (Å²) in [5.41, 5.74) is 7.08. The number of rotatable bonds is 2. The number of H-pyrrole nitrogens is 1. The van der Waals surface area contributed by atoms with Gasteiger partial charge in [-0.05, 0) is 46.5 Å². The fourth-order valence-corrected chi connectivity index (χ4v) is 3.35. The average Bonchev–Trinajstić information content (AvgIpc) is 3.25. The van der Waals surface area contributed by atoms with E-state index < -0.39 is 0 Å². The number of aromatic amines is 1. The number of fused-ring (bicyclic) bond motifs is 1. The molecule has 24 heavy (non-hydrogen) atoms. The molecule has 0 unspecified atom stereocenters. The zero-order valence-electron chi connectivity index (χ0n) is 14.3. The molecule has 3 aromatic heterocycles. The van der Waals surface area contributed by atoms with E-state index in [0.717, 1.165) is 11.2 Å². The van der Waals surface area contributed by atoms with E-state index in [0.29, 0.717) is 0 Å². The minimum absolute atomic E-state index is 0.937. The highest BCUT2D eigenvalue weighted by Gasteiger charge is 2.10. The molecular formula is C21H22N2S. The van der Waals surface area contributed by atoms with Crippen LogP contribution in [0.2, 0.25) is 0 Å². The van der Waals surface area contributed by atoms with Crippen molar-refractivity contribution in [1.29, 1.82) is 0 Å². The van der Waals surface area contributed by atoms with Crippen LogP contribution in [0.4, 0.5) is 0 Å². The van der Waals surface area contributed by atoms with E-state index in [4.69, 9.17) is 0 Å². The monoisotopic (exact) mass is 334 g/mol. The largest absolute Gasteiger partial charge is 0.346 e. The molecular weight excluding hydrogens is 312 g/mol. The number of hydrogen-bond donors (Lipinski definition) is 1. The predicted molar refractivity (Wildman–Crippen MR) is 106 cm³/mol. The minimum atomic E-state index is 0.937. The number of pyridine rings is 1. The summed E-state index contributed by atoms with van der Waals surface area (Å²) in [4.78, 5) is 7.84. The van der Waals surface area contributed by atoms with Crippen molar-refractivity contribution in [2.75, 3.05) is 0 Å². The van der Waals surface area contributed by atoms with Gasteiger partial charge in [0.15, 0.2) is 0 Å². The van der Waals surface area contributed by atoms with E-state index >= 15 is 0 Å². The topological polar surface area (TPSA) is 28.7 Å². The minimum Gasteiger partial charge on any atom is -0.346 e. The first-order valence-corrected chi connectivity index (χ1v) is 9.24. The Kier molecular flexibility index (Phi) is 5.11. The van der Waals surface area contributed by atoms with Gasteiger partial charge in [0.25, 0.3) is 0 Å². The molecule has 0 spiro atoms. The van der Waals surface area contributed by atoms with Crippen molar-refractivity contribution in [1.82, 2.24) is 9.97 Å². The van der Waals surface area contributed by atoms with Gasteiger partial charge in [-0.2, -0.15) is 11.3 Å². The molecule has 3 heteroatoms. The number of benzene rings is 1. The van der Waals surface area contributed by atoms with Gasteiger partial charge in [-0.1, -0.05) is 44.5 Å². The third-order valence-electron chi connectivity index (χ3n) is 3.82. The number of nitrogens with one attached hydrogen (secondary N) is 1. The highest BCUT2D eigenvalue weighted by atomic mass is 32.1. The van der Waals surface area contributed by atoms with Gasteiger partial charge >= 0.3 is 0 Å². The van der Waals surface area contributed by atoms with Crippen LogP contribution in [0.1, 0.15) is 25.8 Å². The van der Waals surface area contributed by atoms with Crippen LogP contribution in [0, 0.1) is 6.92 Å². The summed E-state index contributed by atoms with van der Waals surface area (Å²) >= 11 is 1.71. The van der Waals surface area contributed by atoms with Crippen molar-refractivity contribution in [3.63, 3.8) is 0 Å². The smallest absolute Gasteiger partial charge is 0.137 e. The third kappa shape index (κ3) is 3.26. The van der Waals surface area contributed by atoms with E-state index in [1.54, 1.807) is 11.3 Å². The first-order valence-electron chi connectivity index (χ1n) is 8.30. The van der Waals surface area contributed by atoms with Gasteiger partial charge in [-0.3, -0.25) is 0 Å². The fourth-order valence-electron chi connectivity index (χ4n) is 2.69. The summed E-state index contributed by atoms with van der Waals surface area (Å²) in [5, 5.41) is 5.43. The molecule has 0 bridgehead atoms. The molecule has 2 nitrogen and oxygen atoms in total. The molecule has 4 rings (SSSR count). The lowest BCUT2D eigenvalue weighted by Crippen LogP contribution is -1.83. The Morgan fingerprint density at radius 3 is 2.54 bits per heavy atom. The van der Waals surface area contributed by atoms with Crippen LogP contribution in [0.15, 0.2) is 59.6 Å². The molecule has 1 aromatic carbocycles. The molecule has 0 amide bonds. The highest BCUT2D eigenvalue weighted by Crippen LogP contribution is 2.32. The molecule has 0 aliphatic carbocycles. The van der Waals surface area contributed by atoms with Gasteiger partial charge in [0.1, 0.15) is 5.65 Å². The van der Waals surface area contributed by atoms with Crippen molar-refractivity contribution in [2.45, 2.75) is 27.2 Å².